The van der Waals surface area contributed by atoms with Crippen LogP contribution < -0.4 is 0 Å². The molecule has 0 heterocycles. The molecule has 0 rings (SSSR count). The molecule has 0 fully saturated rings. The molecule has 0 spiro atoms. The van der Waals surface area contributed by atoms with E-state index in [2.05, 4.69) is 4.74 Å². The van der Waals surface area contributed by atoms with Gasteiger partial charge in [-0.1, -0.05) is 32.1 Å². The van der Waals surface area contributed by atoms with E-state index < -0.39 is 0 Å². The van der Waals surface area contributed by atoms with Gasteiger partial charge in [-0.05, 0) is 26.9 Å². The first-order valence-corrected chi connectivity index (χ1v) is 6.96. The normalized spacial score (nSPS) is 12.7. The predicted molar refractivity (Wildman–Crippen MR) is 73.5 cm³/mol. The summed E-state index contributed by atoms with van der Waals surface area (Å²) in [6.07, 6.45) is 7.87. The Hall–Kier alpha value is -0.610. The van der Waals surface area contributed by atoms with Gasteiger partial charge in [0.25, 0.3) is 0 Å². The Kier molecular flexibility index (Phi) is 11.1. The van der Waals surface area contributed by atoms with Gasteiger partial charge in [-0.15, -0.1) is 0 Å². The third kappa shape index (κ3) is 11.9. The molecule has 0 bridgehead atoms. The van der Waals surface area contributed by atoms with Crippen molar-refractivity contribution in [3.63, 3.8) is 0 Å². The summed E-state index contributed by atoms with van der Waals surface area (Å²) >= 11 is 0. The number of hydrogen-bond donors (Lipinski definition) is 1. The number of likely N-dealkylation sites (N-methyl/N-ethyl adjacent to an activating group) is 1. The molecule has 1 N–H and O–H groups in total. The maximum absolute atomic E-state index is 10.9. The Labute approximate surface area is 111 Å². The average Bonchev–Trinajstić information content (AvgIpc) is 2.31. The van der Waals surface area contributed by atoms with Crippen molar-refractivity contribution in [3.05, 3.63) is 0 Å². The van der Waals surface area contributed by atoms with Gasteiger partial charge in [0.05, 0.1) is 13.2 Å². The molecule has 4 heteroatoms. The first-order chi connectivity index (χ1) is 8.56. The van der Waals surface area contributed by atoms with Crippen LogP contribution in [0.25, 0.3) is 0 Å². The van der Waals surface area contributed by atoms with Gasteiger partial charge in [-0.3, -0.25) is 4.79 Å². The number of methoxy groups -OCH3 is 1. The van der Waals surface area contributed by atoms with Crippen LogP contribution >= 0.6 is 0 Å². The van der Waals surface area contributed by atoms with E-state index in [0.717, 1.165) is 32.2 Å². The fourth-order valence-corrected chi connectivity index (χ4v) is 1.97. The maximum atomic E-state index is 10.9. The zero-order valence-electron chi connectivity index (χ0n) is 12.2. The molecule has 108 valence electrons. The minimum absolute atomic E-state index is 0.109. The number of nitrogens with zero attached hydrogens (tertiary/aromatic N) is 1. The molecule has 0 aromatic carbocycles. The van der Waals surface area contributed by atoms with Crippen molar-refractivity contribution in [3.8, 4) is 0 Å². The lowest BCUT2D eigenvalue weighted by Gasteiger charge is -2.15. The molecule has 1 unspecified atom stereocenters. The van der Waals surface area contributed by atoms with E-state index in [-0.39, 0.29) is 12.1 Å². The van der Waals surface area contributed by atoms with E-state index in [1.165, 1.54) is 26.4 Å². The predicted octanol–water partition coefficient (Wildman–Crippen LogP) is 2.20. The second-order valence-electron chi connectivity index (χ2n) is 5.15. The van der Waals surface area contributed by atoms with Crippen molar-refractivity contribution in [2.24, 2.45) is 0 Å². The summed E-state index contributed by atoms with van der Waals surface area (Å²) in [7, 11) is 5.39. The standard InChI is InChI=1S/C14H29NO3/c1-15(2)12-13(16)10-8-6-4-5-7-9-11-14(17)18-3/h13,16H,4-12H2,1-3H3. The summed E-state index contributed by atoms with van der Waals surface area (Å²) < 4.78 is 4.58. The number of carbonyl (C=O) groups excluding carboxylic acids is 1. The van der Waals surface area contributed by atoms with Crippen molar-refractivity contribution in [2.45, 2.75) is 57.5 Å². The van der Waals surface area contributed by atoms with Gasteiger partial charge in [-0.25, -0.2) is 0 Å². The van der Waals surface area contributed by atoms with Gasteiger partial charge in [-0.2, -0.15) is 0 Å². The Bertz CT molecular complexity index is 207. The van der Waals surface area contributed by atoms with E-state index in [9.17, 15) is 9.90 Å². The maximum Gasteiger partial charge on any atom is 0.305 e. The van der Waals surface area contributed by atoms with Crippen molar-refractivity contribution >= 4 is 5.97 Å². The lowest BCUT2D eigenvalue weighted by atomic mass is 10.1. The number of esters is 1. The van der Waals surface area contributed by atoms with Crippen LogP contribution in [0.1, 0.15) is 51.4 Å². The summed E-state index contributed by atoms with van der Waals surface area (Å²) in [5, 5.41) is 9.66. The van der Waals surface area contributed by atoms with Gasteiger partial charge in [0.15, 0.2) is 0 Å². The molecule has 0 aliphatic carbocycles. The summed E-state index contributed by atoms with van der Waals surface area (Å²) in [6.45, 7) is 0.749. The topological polar surface area (TPSA) is 49.8 Å². The number of rotatable bonds is 11. The molecule has 0 saturated heterocycles. The number of aliphatic hydroxyl groups is 1. The van der Waals surface area contributed by atoms with E-state index in [1.807, 2.05) is 19.0 Å². The molecule has 0 amide bonds. The lowest BCUT2D eigenvalue weighted by Crippen LogP contribution is -2.25. The molecular weight excluding hydrogens is 230 g/mol. The second-order valence-corrected chi connectivity index (χ2v) is 5.15. The molecule has 0 aliphatic rings. The van der Waals surface area contributed by atoms with Crippen LogP contribution in [-0.4, -0.2) is 49.8 Å². The van der Waals surface area contributed by atoms with E-state index in [1.54, 1.807) is 0 Å². The highest BCUT2D eigenvalue weighted by Gasteiger charge is 2.04. The molecular formula is C14H29NO3. The van der Waals surface area contributed by atoms with Crippen molar-refractivity contribution in [1.29, 1.82) is 0 Å². The quantitative estimate of drug-likeness (QED) is 0.456. The monoisotopic (exact) mass is 259 g/mol. The van der Waals surface area contributed by atoms with E-state index in [0.29, 0.717) is 6.42 Å². The van der Waals surface area contributed by atoms with E-state index >= 15 is 0 Å². The van der Waals surface area contributed by atoms with Crippen LogP contribution in [0.2, 0.25) is 0 Å². The highest BCUT2D eigenvalue weighted by Crippen LogP contribution is 2.10. The van der Waals surface area contributed by atoms with Crippen LogP contribution in [-0.2, 0) is 9.53 Å². The SMILES string of the molecule is COC(=O)CCCCCCCCC(O)CN(C)C. The lowest BCUT2D eigenvalue weighted by molar-refractivity contribution is -0.140. The van der Waals surface area contributed by atoms with Gasteiger partial charge in [0.1, 0.15) is 0 Å². The van der Waals surface area contributed by atoms with Crippen LogP contribution in [0, 0.1) is 0 Å². The number of hydrogen-bond acceptors (Lipinski definition) is 4. The summed E-state index contributed by atoms with van der Waals surface area (Å²) in [5.74, 6) is -0.109. The fraction of sp³-hybridized carbons (Fsp3) is 0.929. The van der Waals surface area contributed by atoms with Crippen molar-refractivity contribution in [2.75, 3.05) is 27.7 Å². The number of aliphatic hydroxyl groups excluding tert-OH is 1. The number of carbonyl (C=O) groups is 1. The Morgan fingerprint density at radius 1 is 1.11 bits per heavy atom. The van der Waals surface area contributed by atoms with Crippen LogP contribution in [0.4, 0.5) is 0 Å². The van der Waals surface area contributed by atoms with Gasteiger partial charge in [0, 0.05) is 13.0 Å². The minimum Gasteiger partial charge on any atom is -0.469 e. The Morgan fingerprint density at radius 2 is 1.67 bits per heavy atom. The van der Waals surface area contributed by atoms with Crippen molar-refractivity contribution in [1.82, 2.24) is 4.90 Å². The van der Waals surface area contributed by atoms with Crippen LogP contribution in [0.3, 0.4) is 0 Å². The second kappa shape index (κ2) is 11.5. The summed E-state index contributed by atoms with van der Waals surface area (Å²) in [6, 6.07) is 0. The smallest absolute Gasteiger partial charge is 0.305 e. The zero-order valence-corrected chi connectivity index (χ0v) is 12.2. The highest BCUT2D eigenvalue weighted by molar-refractivity contribution is 5.68. The molecule has 0 aromatic rings. The zero-order chi connectivity index (χ0) is 13.8. The largest absolute Gasteiger partial charge is 0.469 e. The first-order valence-electron chi connectivity index (χ1n) is 6.96. The number of ether oxygens (including phenoxy) is 1. The van der Waals surface area contributed by atoms with Crippen LogP contribution in [0.15, 0.2) is 0 Å². The Morgan fingerprint density at radius 3 is 2.22 bits per heavy atom. The first kappa shape index (κ1) is 17.4. The summed E-state index contributed by atoms with van der Waals surface area (Å²) in [4.78, 5) is 12.9. The molecule has 0 aromatic heterocycles. The fourth-order valence-electron chi connectivity index (χ4n) is 1.97. The third-order valence-corrected chi connectivity index (χ3v) is 2.97. The molecule has 4 nitrogen and oxygen atoms in total. The minimum atomic E-state index is -0.195. The van der Waals surface area contributed by atoms with Crippen molar-refractivity contribution < 1.29 is 14.6 Å². The van der Waals surface area contributed by atoms with Gasteiger partial charge >= 0.3 is 5.97 Å². The molecule has 1 atom stereocenters. The van der Waals surface area contributed by atoms with Crippen LogP contribution in [0.5, 0.6) is 0 Å². The Balaban J connectivity index is 3.18. The molecule has 0 aliphatic heterocycles. The molecule has 0 radical (unpaired) electrons. The summed E-state index contributed by atoms with van der Waals surface area (Å²) in [5.41, 5.74) is 0. The van der Waals surface area contributed by atoms with Gasteiger partial charge < -0.3 is 14.7 Å². The number of unbranched alkanes of at least 4 members (excludes halogenated alkanes) is 5. The average molecular weight is 259 g/mol. The van der Waals surface area contributed by atoms with Gasteiger partial charge in [0.2, 0.25) is 0 Å². The van der Waals surface area contributed by atoms with E-state index in [4.69, 9.17) is 0 Å². The molecule has 18 heavy (non-hydrogen) atoms. The third-order valence-electron chi connectivity index (χ3n) is 2.97. The highest BCUT2D eigenvalue weighted by atomic mass is 16.5. The molecule has 0 saturated carbocycles.